The minimum absolute atomic E-state index is 0.134. The van der Waals surface area contributed by atoms with E-state index < -0.39 is 0 Å². The molecule has 2 aromatic carbocycles. The zero-order valence-corrected chi connectivity index (χ0v) is 17.3. The van der Waals surface area contributed by atoms with E-state index in [1.165, 1.54) is 11.8 Å². The molecule has 3 rings (SSSR count). The van der Waals surface area contributed by atoms with Crippen molar-refractivity contribution in [1.29, 1.82) is 0 Å². The summed E-state index contributed by atoms with van der Waals surface area (Å²) in [5, 5.41) is 9.84. The number of aromatic nitrogens is 3. The van der Waals surface area contributed by atoms with Crippen LogP contribution in [0.2, 0.25) is 0 Å². The Morgan fingerprint density at radius 2 is 1.97 bits per heavy atom. The number of aryl methyl sites for hydroxylation is 1. The number of thioether (sulfide) groups is 1. The van der Waals surface area contributed by atoms with E-state index in [0.717, 1.165) is 18.4 Å². The van der Waals surface area contributed by atoms with Gasteiger partial charge in [0.1, 0.15) is 5.75 Å². The van der Waals surface area contributed by atoms with Crippen molar-refractivity contribution in [2.45, 2.75) is 38.4 Å². The molecule has 0 saturated carbocycles. The molecule has 3 aromatic rings. The molecule has 152 valence electrons. The summed E-state index contributed by atoms with van der Waals surface area (Å²) in [4.78, 5) is 24.3. The molecule has 0 fully saturated rings. The predicted octanol–water partition coefficient (Wildman–Crippen LogP) is 4.20. The number of nitrogens with zero attached hydrogens (tertiary/aromatic N) is 2. The summed E-state index contributed by atoms with van der Waals surface area (Å²) in [6.07, 6.45) is 1.85. The smallest absolute Gasteiger partial charge is 0.343 e. The van der Waals surface area contributed by atoms with Crippen molar-refractivity contribution in [2.75, 3.05) is 11.1 Å². The van der Waals surface area contributed by atoms with E-state index in [0.29, 0.717) is 28.9 Å². The number of para-hydroxylation sites is 2. The number of carbonyl (C=O) groups is 1. The summed E-state index contributed by atoms with van der Waals surface area (Å²) in [6, 6.07) is 15.0. The summed E-state index contributed by atoms with van der Waals surface area (Å²) in [7, 11) is 0. The number of amides is 1. The Hall–Kier alpha value is -3.00. The first-order chi connectivity index (χ1) is 14.1. The molecule has 0 atom stereocenters. The molecule has 0 aliphatic carbocycles. The fourth-order valence-electron chi connectivity index (χ4n) is 2.64. The Bertz CT molecular complexity index is 1010. The van der Waals surface area contributed by atoms with Crippen LogP contribution in [0.3, 0.4) is 0 Å². The minimum Gasteiger partial charge on any atom is -0.455 e. The van der Waals surface area contributed by atoms with Gasteiger partial charge in [0.25, 0.3) is 0 Å². The normalized spacial score (nSPS) is 10.7. The number of carbonyl (C=O) groups excluding carboxylic acids is 1. The lowest BCUT2D eigenvalue weighted by atomic mass is 10.2. The number of rotatable bonds is 9. The number of hydrogen-bond acceptors (Lipinski definition) is 5. The summed E-state index contributed by atoms with van der Waals surface area (Å²) in [5.74, 6) is 1.19. The van der Waals surface area contributed by atoms with Crippen LogP contribution in [0.4, 0.5) is 5.69 Å². The van der Waals surface area contributed by atoms with Crippen molar-refractivity contribution in [3.05, 3.63) is 64.6 Å². The predicted molar refractivity (Wildman–Crippen MR) is 115 cm³/mol. The molecule has 8 heteroatoms. The Kier molecular flexibility index (Phi) is 7.13. The number of H-pyrrole nitrogens is 1. The Balaban J connectivity index is 1.63. The molecule has 0 saturated heterocycles. The molecule has 2 N–H and O–H groups in total. The number of benzene rings is 2. The topological polar surface area (TPSA) is 89.0 Å². The molecule has 7 nitrogen and oxygen atoms in total. The second-order valence-electron chi connectivity index (χ2n) is 6.56. The maximum absolute atomic E-state index is 12.5. The summed E-state index contributed by atoms with van der Waals surface area (Å²) in [6.45, 7) is 4.65. The van der Waals surface area contributed by atoms with Crippen molar-refractivity contribution < 1.29 is 9.53 Å². The van der Waals surface area contributed by atoms with Gasteiger partial charge in [-0.15, -0.1) is 5.10 Å². The summed E-state index contributed by atoms with van der Waals surface area (Å²) < 4.78 is 7.48. The highest BCUT2D eigenvalue weighted by Crippen LogP contribution is 2.29. The third-order valence-electron chi connectivity index (χ3n) is 4.20. The monoisotopic (exact) mass is 412 g/mol. The maximum Gasteiger partial charge on any atom is 0.343 e. The Morgan fingerprint density at radius 1 is 1.21 bits per heavy atom. The first kappa shape index (κ1) is 20.7. The number of nitrogens with one attached hydrogen (secondary N) is 2. The van der Waals surface area contributed by atoms with Gasteiger partial charge in [-0.3, -0.25) is 9.36 Å². The summed E-state index contributed by atoms with van der Waals surface area (Å²) in [5.41, 5.74) is 1.48. The zero-order valence-electron chi connectivity index (χ0n) is 16.5. The van der Waals surface area contributed by atoms with Crippen LogP contribution in [-0.4, -0.2) is 26.4 Å². The molecule has 0 unspecified atom stereocenters. The van der Waals surface area contributed by atoms with Gasteiger partial charge in [-0.1, -0.05) is 54.9 Å². The molecular formula is C21H24N4O3S. The average Bonchev–Trinajstić information content (AvgIpc) is 3.07. The van der Waals surface area contributed by atoms with E-state index >= 15 is 0 Å². The lowest BCUT2D eigenvalue weighted by Crippen LogP contribution is -2.19. The average molecular weight is 413 g/mol. The Morgan fingerprint density at radius 3 is 2.72 bits per heavy atom. The van der Waals surface area contributed by atoms with E-state index in [1.807, 2.05) is 43.3 Å². The molecule has 1 heterocycles. The SMILES string of the molecule is CCCCn1c(SCC(=O)Nc2ccccc2Oc2ccc(C)cc2)n[nH]c1=O. The van der Waals surface area contributed by atoms with Crippen molar-refractivity contribution in [3.63, 3.8) is 0 Å². The molecular weight excluding hydrogens is 388 g/mol. The number of anilines is 1. The van der Waals surface area contributed by atoms with Crippen LogP contribution in [0.1, 0.15) is 25.3 Å². The molecule has 0 bridgehead atoms. The van der Waals surface area contributed by atoms with E-state index in [2.05, 4.69) is 22.4 Å². The fourth-order valence-corrected chi connectivity index (χ4v) is 3.41. The van der Waals surface area contributed by atoms with Gasteiger partial charge < -0.3 is 10.1 Å². The summed E-state index contributed by atoms with van der Waals surface area (Å²) >= 11 is 1.22. The standard InChI is InChI=1S/C21H24N4O3S/c1-3-4-13-25-20(27)23-24-21(25)29-14-19(26)22-17-7-5-6-8-18(17)28-16-11-9-15(2)10-12-16/h5-12H,3-4,13-14H2,1-2H3,(H,22,26)(H,23,27). The number of unbranched alkanes of at least 4 members (excludes halogenated alkanes) is 1. The van der Waals surface area contributed by atoms with Crippen LogP contribution in [0, 0.1) is 6.92 Å². The highest BCUT2D eigenvalue weighted by Gasteiger charge is 2.13. The van der Waals surface area contributed by atoms with Crippen LogP contribution < -0.4 is 15.7 Å². The largest absolute Gasteiger partial charge is 0.455 e. The van der Waals surface area contributed by atoms with Crippen LogP contribution in [0.15, 0.2) is 58.5 Å². The van der Waals surface area contributed by atoms with Gasteiger partial charge in [-0.25, -0.2) is 9.89 Å². The number of hydrogen-bond donors (Lipinski definition) is 2. The van der Waals surface area contributed by atoms with Crippen molar-refractivity contribution in [2.24, 2.45) is 0 Å². The molecule has 1 amide bonds. The lowest BCUT2D eigenvalue weighted by molar-refractivity contribution is -0.113. The molecule has 0 spiro atoms. The van der Waals surface area contributed by atoms with Gasteiger partial charge >= 0.3 is 5.69 Å². The van der Waals surface area contributed by atoms with Crippen LogP contribution in [-0.2, 0) is 11.3 Å². The van der Waals surface area contributed by atoms with Gasteiger partial charge in [0.2, 0.25) is 5.91 Å². The molecule has 29 heavy (non-hydrogen) atoms. The lowest BCUT2D eigenvalue weighted by Gasteiger charge is -2.12. The van der Waals surface area contributed by atoms with Crippen LogP contribution in [0.25, 0.3) is 0 Å². The van der Waals surface area contributed by atoms with Gasteiger partial charge in [-0.05, 0) is 37.6 Å². The van der Waals surface area contributed by atoms with Gasteiger partial charge in [0, 0.05) is 6.54 Å². The maximum atomic E-state index is 12.5. The van der Waals surface area contributed by atoms with Crippen molar-refractivity contribution in [1.82, 2.24) is 14.8 Å². The second kappa shape index (κ2) is 9.97. The third-order valence-corrected chi connectivity index (χ3v) is 5.18. The number of ether oxygens (including phenoxy) is 1. The van der Waals surface area contributed by atoms with Gasteiger partial charge in [0.15, 0.2) is 10.9 Å². The molecule has 0 aliphatic rings. The fraction of sp³-hybridized carbons (Fsp3) is 0.286. The van der Waals surface area contributed by atoms with Crippen molar-refractivity contribution in [3.8, 4) is 11.5 Å². The van der Waals surface area contributed by atoms with E-state index in [-0.39, 0.29) is 17.3 Å². The second-order valence-corrected chi connectivity index (χ2v) is 7.51. The van der Waals surface area contributed by atoms with Crippen molar-refractivity contribution >= 4 is 23.4 Å². The first-order valence-corrected chi connectivity index (χ1v) is 10.5. The van der Waals surface area contributed by atoms with Gasteiger partial charge in [-0.2, -0.15) is 0 Å². The van der Waals surface area contributed by atoms with Gasteiger partial charge in [0.05, 0.1) is 11.4 Å². The zero-order chi connectivity index (χ0) is 20.6. The number of aromatic amines is 1. The van der Waals surface area contributed by atoms with E-state index in [4.69, 9.17) is 4.74 Å². The highest BCUT2D eigenvalue weighted by molar-refractivity contribution is 7.99. The van der Waals surface area contributed by atoms with Crippen LogP contribution >= 0.6 is 11.8 Å². The van der Waals surface area contributed by atoms with E-state index in [1.54, 1.807) is 16.7 Å². The van der Waals surface area contributed by atoms with E-state index in [9.17, 15) is 9.59 Å². The highest BCUT2D eigenvalue weighted by atomic mass is 32.2. The Labute approximate surface area is 173 Å². The first-order valence-electron chi connectivity index (χ1n) is 9.48. The quantitative estimate of drug-likeness (QED) is 0.514. The molecule has 0 aliphatic heterocycles. The third kappa shape index (κ3) is 5.74. The minimum atomic E-state index is -0.252. The molecule has 1 aromatic heterocycles. The molecule has 0 radical (unpaired) electrons. The van der Waals surface area contributed by atoms with Crippen LogP contribution in [0.5, 0.6) is 11.5 Å².